The number of benzene rings is 1. The fourth-order valence-electron chi connectivity index (χ4n) is 4.24. The zero-order valence-corrected chi connectivity index (χ0v) is 13.9. The van der Waals surface area contributed by atoms with E-state index in [1.54, 1.807) is 18.2 Å². The van der Waals surface area contributed by atoms with Gasteiger partial charge in [0.25, 0.3) is 0 Å². The van der Waals surface area contributed by atoms with Crippen molar-refractivity contribution in [3.05, 3.63) is 53.5 Å². The van der Waals surface area contributed by atoms with Gasteiger partial charge in [0, 0.05) is 5.69 Å². The fraction of sp³-hybridized carbons (Fsp3) is 0.300. The Balaban J connectivity index is 2.01. The van der Waals surface area contributed by atoms with E-state index in [1.807, 2.05) is 10.6 Å². The number of carbonyl (C=O) groups excluding carboxylic acids is 2. The monoisotopic (exact) mass is 339 g/mol. The van der Waals surface area contributed by atoms with Crippen LogP contribution < -0.4 is 0 Å². The minimum Gasteiger partial charge on any atom is -0.505 e. The average molecular weight is 339 g/mol. The summed E-state index contributed by atoms with van der Waals surface area (Å²) >= 11 is 0. The van der Waals surface area contributed by atoms with E-state index in [0.717, 1.165) is 24.1 Å². The van der Waals surface area contributed by atoms with Crippen LogP contribution in [0.5, 0.6) is 0 Å². The largest absolute Gasteiger partial charge is 0.505 e. The van der Waals surface area contributed by atoms with Crippen LogP contribution in [-0.2, 0) is 15.1 Å². The summed E-state index contributed by atoms with van der Waals surface area (Å²) in [5.41, 5.74) is 1.06. The van der Waals surface area contributed by atoms with Crippen molar-refractivity contribution in [2.24, 2.45) is 0 Å². The Hall–Kier alpha value is -2.69. The summed E-state index contributed by atoms with van der Waals surface area (Å²) in [6.07, 6.45) is 3.04. The van der Waals surface area contributed by atoms with E-state index < -0.39 is 11.3 Å². The first-order valence-electron chi connectivity index (χ1n) is 8.43. The van der Waals surface area contributed by atoms with E-state index in [0.29, 0.717) is 18.5 Å². The molecule has 0 unspecified atom stereocenters. The van der Waals surface area contributed by atoms with Crippen molar-refractivity contribution in [2.75, 3.05) is 0 Å². The molecule has 0 bridgehead atoms. The third kappa shape index (κ3) is 2.11. The molecule has 1 N–H and O–H groups in total. The highest BCUT2D eigenvalue weighted by Crippen LogP contribution is 2.47. The van der Waals surface area contributed by atoms with Crippen molar-refractivity contribution < 1.29 is 19.1 Å². The van der Waals surface area contributed by atoms with Crippen LogP contribution in [0.15, 0.2) is 42.0 Å². The molecule has 1 spiro atoms. The number of aliphatic hydroxyl groups is 1. The van der Waals surface area contributed by atoms with Gasteiger partial charge in [0.2, 0.25) is 0 Å². The number of hydrogen-bond acceptors (Lipinski definition) is 3. The molecule has 1 aromatic heterocycles. The molecular weight excluding hydrogens is 321 g/mol. The molecule has 0 atom stereocenters. The summed E-state index contributed by atoms with van der Waals surface area (Å²) in [6, 6.07) is 9.60. The summed E-state index contributed by atoms with van der Waals surface area (Å²) in [5, 5.41) is 10.6. The Morgan fingerprint density at radius 2 is 1.68 bits per heavy atom. The van der Waals surface area contributed by atoms with Crippen LogP contribution >= 0.6 is 0 Å². The molecule has 2 aromatic rings. The Morgan fingerprint density at radius 3 is 2.28 bits per heavy atom. The Morgan fingerprint density at radius 1 is 1.08 bits per heavy atom. The predicted molar refractivity (Wildman–Crippen MR) is 91.5 cm³/mol. The Bertz CT molecular complexity index is 915. The van der Waals surface area contributed by atoms with Crippen molar-refractivity contribution in [3.8, 4) is 11.3 Å². The van der Waals surface area contributed by atoms with Crippen molar-refractivity contribution in [2.45, 2.75) is 38.1 Å². The van der Waals surface area contributed by atoms with Gasteiger partial charge in [-0.1, -0.05) is 12.8 Å². The lowest BCUT2D eigenvalue weighted by Gasteiger charge is -2.37. The molecule has 4 nitrogen and oxygen atoms in total. The number of allylic oxidation sites excluding steroid dienone is 1. The number of hydrogen-bond donors (Lipinski definition) is 1. The normalized spacial score (nSPS) is 18.7. The molecule has 2 heterocycles. The second-order valence-electron chi connectivity index (χ2n) is 6.79. The van der Waals surface area contributed by atoms with E-state index in [4.69, 9.17) is 0 Å². The molecule has 0 radical (unpaired) electrons. The highest BCUT2D eigenvalue weighted by Gasteiger charge is 2.50. The van der Waals surface area contributed by atoms with Crippen LogP contribution in [0, 0.1) is 5.82 Å². The SMILES string of the molecule is CC(=O)C1=C(O)c2ccc(-c3ccc(F)cc3)n2C2(CCCC2)C1=O. The highest BCUT2D eigenvalue weighted by molar-refractivity contribution is 6.27. The third-order valence-corrected chi connectivity index (χ3v) is 5.36. The third-order valence-electron chi connectivity index (χ3n) is 5.36. The van der Waals surface area contributed by atoms with Crippen molar-refractivity contribution in [1.29, 1.82) is 0 Å². The number of halogens is 1. The lowest BCUT2D eigenvalue weighted by Crippen LogP contribution is -2.45. The van der Waals surface area contributed by atoms with Gasteiger partial charge in [-0.3, -0.25) is 9.59 Å². The predicted octanol–water partition coefficient (Wildman–Crippen LogP) is 4.00. The number of nitrogens with zero attached hydrogens (tertiary/aromatic N) is 1. The highest BCUT2D eigenvalue weighted by atomic mass is 19.1. The lowest BCUT2D eigenvalue weighted by molar-refractivity contribution is -0.126. The topological polar surface area (TPSA) is 59.3 Å². The second kappa shape index (κ2) is 5.41. The van der Waals surface area contributed by atoms with Crippen LogP contribution in [0.3, 0.4) is 0 Å². The lowest BCUT2D eigenvalue weighted by atomic mass is 9.81. The fourth-order valence-corrected chi connectivity index (χ4v) is 4.24. The number of fused-ring (bicyclic) bond motifs is 2. The second-order valence-corrected chi connectivity index (χ2v) is 6.79. The van der Waals surface area contributed by atoms with Gasteiger partial charge in [-0.15, -0.1) is 0 Å². The minimum atomic E-state index is -0.838. The van der Waals surface area contributed by atoms with Gasteiger partial charge in [-0.2, -0.15) is 0 Å². The maximum absolute atomic E-state index is 13.3. The molecule has 1 saturated carbocycles. The summed E-state index contributed by atoms with van der Waals surface area (Å²) in [5.74, 6) is -1.31. The molecule has 1 aliphatic carbocycles. The van der Waals surface area contributed by atoms with Crippen molar-refractivity contribution in [3.63, 3.8) is 0 Å². The van der Waals surface area contributed by atoms with Crippen molar-refractivity contribution >= 4 is 17.3 Å². The Kier molecular flexibility index (Phi) is 3.42. The van der Waals surface area contributed by atoms with Crippen LogP contribution in [0.4, 0.5) is 4.39 Å². The van der Waals surface area contributed by atoms with Gasteiger partial charge < -0.3 is 9.67 Å². The van der Waals surface area contributed by atoms with Gasteiger partial charge in [-0.25, -0.2) is 4.39 Å². The van der Waals surface area contributed by atoms with Gasteiger partial charge in [-0.05, 0) is 61.7 Å². The molecule has 1 aromatic carbocycles. The first-order valence-corrected chi connectivity index (χ1v) is 8.43. The van der Waals surface area contributed by atoms with E-state index in [9.17, 15) is 19.1 Å². The van der Waals surface area contributed by atoms with Gasteiger partial charge in [0.1, 0.15) is 16.9 Å². The van der Waals surface area contributed by atoms with Gasteiger partial charge >= 0.3 is 0 Å². The molecule has 1 fully saturated rings. The molecule has 2 aliphatic rings. The summed E-state index contributed by atoms with van der Waals surface area (Å²) in [7, 11) is 0. The average Bonchev–Trinajstić information content (AvgIpc) is 3.22. The maximum Gasteiger partial charge on any atom is 0.196 e. The molecule has 25 heavy (non-hydrogen) atoms. The van der Waals surface area contributed by atoms with Crippen LogP contribution in [0.1, 0.15) is 38.3 Å². The van der Waals surface area contributed by atoms with E-state index in [1.165, 1.54) is 19.1 Å². The summed E-state index contributed by atoms with van der Waals surface area (Å²) in [4.78, 5) is 25.2. The van der Waals surface area contributed by atoms with Crippen LogP contribution in [-0.4, -0.2) is 21.2 Å². The molecule has 5 heteroatoms. The summed E-state index contributed by atoms with van der Waals surface area (Å²) < 4.78 is 15.1. The quantitative estimate of drug-likeness (QED) is 0.841. The van der Waals surface area contributed by atoms with Crippen LogP contribution in [0.25, 0.3) is 17.0 Å². The number of aliphatic hydroxyl groups excluding tert-OH is 1. The Labute approximate surface area is 144 Å². The number of aromatic nitrogens is 1. The summed E-state index contributed by atoms with van der Waals surface area (Å²) in [6.45, 7) is 1.31. The van der Waals surface area contributed by atoms with Crippen LogP contribution in [0.2, 0.25) is 0 Å². The van der Waals surface area contributed by atoms with Crippen molar-refractivity contribution in [1.82, 2.24) is 4.57 Å². The van der Waals surface area contributed by atoms with Gasteiger partial charge in [0.05, 0.1) is 5.69 Å². The number of ketones is 2. The molecule has 1 aliphatic heterocycles. The zero-order valence-electron chi connectivity index (χ0n) is 13.9. The molecule has 0 saturated heterocycles. The molecule has 0 amide bonds. The number of rotatable bonds is 2. The van der Waals surface area contributed by atoms with Gasteiger partial charge in [0.15, 0.2) is 17.3 Å². The smallest absolute Gasteiger partial charge is 0.196 e. The zero-order chi connectivity index (χ0) is 17.8. The standard InChI is InChI=1S/C20H18FNO3/c1-12(23)17-18(24)16-9-8-15(13-4-6-14(21)7-5-13)22(16)20(19(17)25)10-2-3-11-20/h4-9,24H,2-3,10-11H2,1H3. The van der Waals surface area contributed by atoms with E-state index >= 15 is 0 Å². The molecule has 4 rings (SSSR count). The first-order chi connectivity index (χ1) is 12.0. The van der Waals surface area contributed by atoms with E-state index in [-0.39, 0.29) is 22.9 Å². The first kappa shape index (κ1) is 15.8. The number of carbonyl (C=O) groups is 2. The minimum absolute atomic E-state index is 0.0989. The van der Waals surface area contributed by atoms with E-state index in [2.05, 4.69) is 0 Å². The maximum atomic E-state index is 13.3. The molecule has 128 valence electrons. The number of Topliss-reactive ketones (excluding diaryl/α,β-unsaturated/α-hetero) is 2. The molecular formula is C20H18FNO3.